The van der Waals surface area contributed by atoms with Gasteiger partial charge in [-0.2, -0.15) is 0 Å². The van der Waals surface area contributed by atoms with Crippen LogP contribution in [-0.2, 0) is 11.2 Å². The quantitative estimate of drug-likeness (QED) is 0.676. The molecule has 0 radical (unpaired) electrons. The van der Waals surface area contributed by atoms with E-state index in [0.717, 1.165) is 12.2 Å². The monoisotopic (exact) mass is 153 g/mol. The zero-order valence-electron chi connectivity index (χ0n) is 6.45. The minimum atomic E-state index is 0.589. The van der Waals surface area contributed by atoms with Gasteiger partial charge in [0.1, 0.15) is 5.82 Å². The van der Waals surface area contributed by atoms with Crippen LogP contribution in [0.3, 0.4) is 0 Å². The first-order valence-corrected chi connectivity index (χ1v) is 3.38. The van der Waals surface area contributed by atoms with E-state index in [1.54, 1.807) is 19.5 Å². The van der Waals surface area contributed by atoms with Crippen molar-refractivity contribution in [2.24, 2.45) is 0 Å². The summed E-state index contributed by atoms with van der Waals surface area (Å²) in [5.41, 5.74) is 5.99. The highest BCUT2D eigenvalue weighted by Gasteiger charge is 1.93. The van der Waals surface area contributed by atoms with Crippen LogP contribution in [0.4, 0.5) is 5.69 Å². The average Bonchev–Trinajstić information content (AvgIpc) is 2.04. The van der Waals surface area contributed by atoms with Crippen molar-refractivity contribution in [3.63, 3.8) is 0 Å². The van der Waals surface area contributed by atoms with E-state index in [0.29, 0.717) is 12.3 Å². The van der Waals surface area contributed by atoms with Crippen LogP contribution in [0.5, 0.6) is 0 Å². The minimum Gasteiger partial charge on any atom is -0.396 e. The number of rotatable bonds is 3. The van der Waals surface area contributed by atoms with E-state index in [1.165, 1.54) is 0 Å². The molecule has 11 heavy (non-hydrogen) atoms. The number of nitrogen functional groups attached to an aromatic ring is 1. The molecule has 0 aliphatic carbocycles. The third-order valence-corrected chi connectivity index (χ3v) is 1.26. The van der Waals surface area contributed by atoms with E-state index in [9.17, 15) is 0 Å². The Morgan fingerprint density at radius 3 is 2.64 bits per heavy atom. The molecule has 0 aliphatic rings. The number of nitrogens with zero attached hydrogens (tertiary/aromatic N) is 2. The van der Waals surface area contributed by atoms with Crippen LogP contribution in [0.1, 0.15) is 5.82 Å². The maximum atomic E-state index is 5.40. The Morgan fingerprint density at radius 1 is 1.45 bits per heavy atom. The van der Waals surface area contributed by atoms with Gasteiger partial charge >= 0.3 is 0 Å². The molecule has 0 amide bonds. The van der Waals surface area contributed by atoms with Gasteiger partial charge in [0.25, 0.3) is 0 Å². The van der Waals surface area contributed by atoms with Crippen molar-refractivity contribution in [2.75, 3.05) is 19.5 Å². The molecule has 0 bridgehead atoms. The van der Waals surface area contributed by atoms with E-state index in [-0.39, 0.29) is 0 Å². The summed E-state index contributed by atoms with van der Waals surface area (Å²) in [5, 5.41) is 0. The molecule has 2 N–H and O–H groups in total. The second kappa shape index (κ2) is 3.88. The third kappa shape index (κ3) is 2.51. The van der Waals surface area contributed by atoms with E-state index in [1.807, 2.05) is 0 Å². The molecule has 4 heteroatoms. The van der Waals surface area contributed by atoms with Gasteiger partial charge in [-0.1, -0.05) is 0 Å². The Labute approximate surface area is 65.4 Å². The average molecular weight is 153 g/mol. The smallest absolute Gasteiger partial charge is 0.130 e. The van der Waals surface area contributed by atoms with Crippen molar-refractivity contribution >= 4 is 5.69 Å². The lowest BCUT2D eigenvalue weighted by Crippen LogP contribution is -2.00. The predicted octanol–water partition coefficient (Wildman–Crippen LogP) is 0.248. The number of aromatic nitrogens is 2. The van der Waals surface area contributed by atoms with Crippen LogP contribution in [-0.4, -0.2) is 23.7 Å². The molecule has 0 atom stereocenters. The summed E-state index contributed by atoms with van der Waals surface area (Å²) in [6.07, 6.45) is 3.92. The molecule has 1 rings (SSSR count). The Kier molecular flexibility index (Phi) is 2.80. The number of anilines is 1. The highest BCUT2D eigenvalue weighted by molar-refractivity contribution is 5.30. The predicted molar refractivity (Wildman–Crippen MR) is 42.0 cm³/mol. The van der Waals surface area contributed by atoms with Crippen LogP contribution in [0.2, 0.25) is 0 Å². The van der Waals surface area contributed by atoms with Gasteiger partial charge in [0, 0.05) is 13.5 Å². The lowest BCUT2D eigenvalue weighted by atomic mass is 10.4. The molecule has 1 aromatic rings. The van der Waals surface area contributed by atoms with Crippen molar-refractivity contribution in [3.05, 3.63) is 18.2 Å². The summed E-state index contributed by atoms with van der Waals surface area (Å²) >= 11 is 0. The van der Waals surface area contributed by atoms with Gasteiger partial charge in [-0.15, -0.1) is 0 Å². The summed E-state index contributed by atoms with van der Waals surface area (Å²) < 4.78 is 4.86. The van der Waals surface area contributed by atoms with Gasteiger partial charge < -0.3 is 10.5 Å². The number of ether oxygens (including phenoxy) is 1. The highest BCUT2D eigenvalue weighted by Crippen LogP contribution is 1.96. The van der Waals surface area contributed by atoms with E-state index in [4.69, 9.17) is 10.5 Å². The topological polar surface area (TPSA) is 61.0 Å². The molecule has 1 aromatic heterocycles. The van der Waals surface area contributed by atoms with Crippen LogP contribution >= 0.6 is 0 Å². The molecule has 0 saturated carbocycles. The number of hydrogen-bond acceptors (Lipinski definition) is 4. The number of methoxy groups -OCH3 is 1. The van der Waals surface area contributed by atoms with Crippen molar-refractivity contribution in [2.45, 2.75) is 6.42 Å². The molecule has 0 aromatic carbocycles. The minimum absolute atomic E-state index is 0.589. The van der Waals surface area contributed by atoms with Crippen LogP contribution in [0.15, 0.2) is 12.4 Å². The molecule has 0 unspecified atom stereocenters. The Bertz CT molecular complexity index is 209. The second-order valence-electron chi connectivity index (χ2n) is 2.18. The fourth-order valence-electron chi connectivity index (χ4n) is 0.687. The first-order valence-electron chi connectivity index (χ1n) is 3.38. The molecule has 1 heterocycles. The SMILES string of the molecule is COCCc1ncc(N)cn1. The van der Waals surface area contributed by atoms with Gasteiger partial charge in [-0.05, 0) is 0 Å². The first kappa shape index (κ1) is 7.94. The van der Waals surface area contributed by atoms with Crippen LogP contribution < -0.4 is 5.73 Å². The fourth-order valence-corrected chi connectivity index (χ4v) is 0.687. The van der Waals surface area contributed by atoms with E-state index >= 15 is 0 Å². The van der Waals surface area contributed by atoms with Gasteiger partial charge in [-0.25, -0.2) is 9.97 Å². The standard InChI is InChI=1S/C7H11N3O/c1-11-3-2-7-9-4-6(8)5-10-7/h4-5H,2-3,8H2,1H3. The van der Waals surface area contributed by atoms with E-state index in [2.05, 4.69) is 9.97 Å². The fraction of sp³-hybridized carbons (Fsp3) is 0.429. The largest absolute Gasteiger partial charge is 0.396 e. The number of hydrogen-bond donors (Lipinski definition) is 1. The summed E-state index contributed by atoms with van der Waals surface area (Å²) in [5.74, 6) is 0.765. The summed E-state index contributed by atoms with van der Waals surface area (Å²) in [6.45, 7) is 0.643. The van der Waals surface area contributed by atoms with Gasteiger partial charge in [-0.3, -0.25) is 0 Å². The van der Waals surface area contributed by atoms with Gasteiger partial charge in [0.2, 0.25) is 0 Å². The van der Waals surface area contributed by atoms with Crippen molar-refractivity contribution in [1.82, 2.24) is 9.97 Å². The third-order valence-electron chi connectivity index (χ3n) is 1.26. The molecule has 0 saturated heterocycles. The molecular formula is C7H11N3O. The highest BCUT2D eigenvalue weighted by atomic mass is 16.5. The van der Waals surface area contributed by atoms with Gasteiger partial charge in [0.15, 0.2) is 0 Å². The van der Waals surface area contributed by atoms with Crippen molar-refractivity contribution < 1.29 is 4.74 Å². The molecule has 0 fully saturated rings. The molecule has 60 valence electrons. The lowest BCUT2D eigenvalue weighted by molar-refractivity contribution is 0.200. The van der Waals surface area contributed by atoms with Crippen LogP contribution in [0, 0.1) is 0 Å². The Hall–Kier alpha value is -1.16. The molecule has 4 nitrogen and oxygen atoms in total. The van der Waals surface area contributed by atoms with Crippen molar-refractivity contribution in [3.8, 4) is 0 Å². The first-order chi connectivity index (χ1) is 5.33. The maximum absolute atomic E-state index is 5.40. The molecular weight excluding hydrogens is 142 g/mol. The van der Waals surface area contributed by atoms with E-state index < -0.39 is 0 Å². The molecule has 0 aliphatic heterocycles. The zero-order chi connectivity index (χ0) is 8.10. The zero-order valence-corrected chi connectivity index (χ0v) is 6.45. The summed E-state index contributed by atoms with van der Waals surface area (Å²) in [4.78, 5) is 8.00. The Balaban J connectivity index is 2.52. The molecule has 0 spiro atoms. The normalized spacial score (nSPS) is 9.91. The number of nitrogens with two attached hydrogens (primary N) is 1. The summed E-state index contributed by atoms with van der Waals surface area (Å²) in [7, 11) is 1.65. The van der Waals surface area contributed by atoms with Crippen LogP contribution in [0.25, 0.3) is 0 Å². The summed E-state index contributed by atoms with van der Waals surface area (Å²) in [6, 6.07) is 0. The Morgan fingerprint density at radius 2 is 2.09 bits per heavy atom. The maximum Gasteiger partial charge on any atom is 0.130 e. The van der Waals surface area contributed by atoms with Gasteiger partial charge in [0.05, 0.1) is 24.7 Å². The second-order valence-corrected chi connectivity index (χ2v) is 2.18. The lowest BCUT2D eigenvalue weighted by Gasteiger charge is -1.97. The van der Waals surface area contributed by atoms with Crippen molar-refractivity contribution in [1.29, 1.82) is 0 Å².